The van der Waals surface area contributed by atoms with Gasteiger partial charge in [-0.25, -0.2) is 0 Å². The van der Waals surface area contributed by atoms with Crippen LogP contribution in [0.1, 0.15) is 0 Å². The van der Waals surface area contributed by atoms with E-state index in [-0.39, 0.29) is 0 Å². The third kappa shape index (κ3) is 5.78. The predicted octanol–water partition coefficient (Wildman–Crippen LogP) is 12.6. The molecule has 2 aromatic heterocycles. The van der Waals surface area contributed by atoms with Crippen LogP contribution in [0.3, 0.4) is 0 Å². The van der Waals surface area contributed by atoms with Crippen molar-refractivity contribution in [2.75, 3.05) is 0 Å². The van der Waals surface area contributed by atoms with Gasteiger partial charge in [0, 0.05) is 38.4 Å². The highest BCUT2D eigenvalue weighted by molar-refractivity contribution is 7.20. The average molecular weight is 819 g/mol. The van der Waals surface area contributed by atoms with Gasteiger partial charge in [-0.2, -0.15) is 0 Å². The molecule has 63 heavy (non-hydrogen) atoms. The van der Waals surface area contributed by atoms with Crippen LogP contribution in [0.4, 0.5) is 0 Å². The van der Waals surface area contributed by atoms with Gasteiger partial charge < -0.3 is 9.13 Å². The molecule has 0 amide bonds. The lowest BCUT2D eigenvalue weighted by atomic mass is 10.0. The number of hydrogen-bond acceptors (Lipinski definition) is 0. The minimum atomic E-state index is -2.99. The van der Waals surface area contributed by atoms with Crippen LogP contribution in [0.5, 0.6) is 0 Å². The first-order valence-electron chi connectivity index (χ1n) is 21.8. The zero-order valence-corrected chi connectivity index (χ0v) is 35.6. The van der Waals surface area contributed by atoms with Gasteiger partial charge >= 0.3 is 0 Å². The smallest absolute Gasteiger partial charge is 0.181 e. The number of aromatic nitrogens is 2. The van der Waals surface area contributed by atoms with E-state index in [1.807, 2.05) is 0 Å². The minimum Gasteiger partial charge on any atom is -0.309 e. The molecule has 0 atom stereocenters. The molecule has 2 nitrogen and oxygen atoms in total. The number of rotatable bonds is 8. The van der Waals surface area contributed by atoms with Gasteiger partial charge in [0.05, 0.1) is 27.8 Å². The molecule has 0 aliphatic carbocycles. The molecule has 0 aliphatic rings. The average Bonchev–Trinajstić information content (AvgIpc) is 3.89. The van der Waals surface area contributed by atoms with Crippen LogP contribution in [-0.2, 0) is 0 Å². The monoisotopic (exact) mass is 818 g/mol. The Morgan fingerprint density at radius 1 is 0.286 bits per heavy atom. The largest absolute Gasteiger partial charge is 0.309 e. The fourth-order valence-corrected chi connectivity index (χ4v) is 15.4. The molecule has 12 aromatic rings. The summed E-state index contributed by atoms with van der Waals surface area (Å²) < 4.78 is 5.07. The van der Waals surface area contributed by atoms with Crippen LogP contribution in [0.2, 0.25) is 0 Å². The van der Waals surface area contributed by atoms with E-state index in [1.165, 1.54) is 86.6 Å². The molecule has 10 aromatic carbocycles. The van der Waals surface area contributed by atoms with Crippen LogP contribution >= 0.6 is 0 Å². The Morgan fingerprint density at radius 2 is 0.746 bits per heavy atom. The fourth-order valence-electron chi connectivity index (χ4n) is 10.4. The first kappa shape index (κ1) is 36.8. The van der Waals surface area contributed by atoms with Gasteiger partial charge in [-0.3, -0.25) is 0 Å². The molecule has 0 unspecified atom stereocenters. The maximum absolute atomic E-state index is 2.99. The van der Waals surface area contributed by atoms with Crippen molar-refractivity contribution in [2.45, 2.75) is 0 Å². The minimum absolute atomic E-state index is 1.13. The van der Waals surface area contributed by atoms with Crippen molar-refractivity contribution in [1.29, 1.82) is 0 Å². The standard InChI is InChI=1S/C60H42N2Si/c1-6-22-43(23-7-1)49-32-16-18-37-55(49)62-56-38-19-17-33-51(56)54-42-45(40-41-57(54)62)61-59-50(44-24-8-2-9-25-44)34-20-35-52(59)53-36-21-39-58(60(53)61)63(46-26-10-3-11-27-46,47-28-12-4-13-29-47)48-30-14-5-15-31-48/h1-42H. The van der Waals surface area contributed by atoms with Crippen LogP contribution in [-0.4, -0.2) is 17.2 Å². The first-order chi connectivity index (χ1) is 31.3. The van der Waals surface area contributed by atoms with Crippen molar-refractivity contribution in [3.8, 4) is 33.6 Å². The summed E-state index contributed by atoms with van der Waals surface area (Å²) in [6.07, 6.45) is 0. The highest BCUT2D eigenvalue weighted by Gasteiger charge is 2.43. The normalized spacial score (nSPS) is 11.8. The van der Waals surface area contributed by atoms with E-state index in [0.717, 1.165) is 11.4 Å². The van der Waals surface area contributed by atoms with Crippen molar-refractivity contribution >= 4 is 72.4 Å². The number of fused-ring (bicyclic) bond motifs is 6. The van der Waals surface area contributed by atoms with E-state index in [9.17, 15) is 0 Å². The number of hydrogen-bond donors (Lipinski definition) is 0. The summed E-state index contributed by atoms with van der Waals surface area (Å²) >= 11 is 0. The summed E-state index contributed by atoms with van der Waals surface area (Å²) in [6.45, 7) is 0. The number of para-hydroxylation sites is 4. The molecular formula is C60H42N2Si. The van der Waals surface area contributed by atoms with Gasteiger partial charge in [0.2, 0.25) is 0 Å². The van der Waals surface area contributed by atoms with Crippen molar-refractivity contribution in [3.63, 3.8) is 0 Å². The van der Waals surface area contributed by atoms with Gasteiger partial charge in [0.15, 0.2) is 8.07 Å². The quantitative estimate of drug-likeness (QED) is 0.107. The second-order valence-corrected chi connectivity index (χ2v) is 20.2. The van der Waals surface area contributed by atoms with Gasteiger partial charge in [0.1, 0.15) is 0 Å². The lowest BCUT2D eigenvalue weighted by Crippen LogP contribution is -2.75. The van der Waals surface area contributed by atoms with E-state index in [1.54, 1.807) is 0 Å². The Morgan fingerprint density at radius 3 is 1.38 bits per heavy atom. The van der Waals surface area contributed by atoms with Crippen molar-refractivity contribution in [1.82, 2.24) is 9.13 Å². The maximum atomic E-state index is 2.61. The summed E-state index contributed by atoms with van der Waals surface area (Å²) in [6, 6.07) is 94.3. The van der Waals surface area contributed by atoms with Gasteiger partial charge in [-0.15, -0.1) is 0 Å². The topological polar surface area (TPSA) is 9.86 Å². The molecule has 0 N–H and O–H groups in total. The molecule has 0 aliphatic heterocycles. The van der Waals surface area contributed by atoms with E-state index in [4.69, 9.17) is 0 Å². The van der Waals surface area contributed by atoms with E-state index < -0.39 is 8.07 Å². The van der Waals surface area contributed by atoms with Crippen LogP contribution < -0.4 is 20.7 Å². The second kappa shape index (κ2) is 15.2. The van der Waals surface area contributed by atoms with Crippen molar-refractivity contribution < 1.29 is 0 Å². The lowest BCUT2D eigenvalue weighted by Gasteiger charge is -2.35. The molecule has 0 radical (unpaired) electrons. The third-order valence-electron chi connectivity index (χ3n) is 13.1. The maximum Gasteiger partial charge on any atom is 0.181 e. The Kier molecular flexibility index (Phi) is 8.87. The van der Waals surface area contributed by atoms with Crippen molar-refractivity contribution in [3.05, 3.63) is 255 Å². The summed E-state index contributed by atoms with van der Waals surface area (Å²) in [5.74, 6) is 0. The molecule has 296 valence electrons. The summed E-state index contributed by atoms with van der Waals surface area (Å²) in [4.78, 5) is 0. The highest BCUT2D eigenvalue weighted by atomic mass is 28.3. The summed E-state index contributed by atoms with van der Waals surface area (Å²) in [5, 5.41) is 10.3. The number of benzene rings is 10. The zero-order valence-electron chi connectivity index (χ0n) is 34.6. The fraction of sp³-hybridized carbons (Fsp3) is 0. The molecule has 0 saturated carbocycles. The van der Waals surface area contributed by atoms with Crippen LogP contribution in [0.15, 0.2) is 255 Å². The van der Waals surface area contributed by atoms with E-state index >= 15 is 0 Å². The molecule has 0 saturated heterocycles. The zero-order chi connectivity index (χ0) is 41.7. The first-order valence-corrected chi connectivity index (χ1v) is 23.8. The van der Waals surface area contributed by atoms with E-state index in [0.29, 0.717) is 0 Å². The molecular weight excluding hydrogens is 777 g/mol. The van der Waals surface area contributed by atoms with E-state index in [2.05, 4.69) is 264 Å². The van der Waals surface area contributed by atoms with Crippen LogP contribution in [0, 0.1) is 0 Å². The molecule has 3 heteroatoms. The molecule has 0 bridgehead atoms. The second-order valence-electron chi connectivity index (χ2n) is 16.4. The van der Waals surface area contributed by atoms with Gasteiger partial charge in [0.25, 0.3) is 0 Å². The predicted molar refractivity (Wildman–Crippen MR) is 270 cm³/mol. The van der Waals surface area contributed by atoms with Gasteiger partial charge in [-0.05, 0) is 62.2 Å². The van der Waals surface area contributed by atoms with Gasteiger partial charge in [-0.1, -0.05) is 224 Å². The van der Waals surface area contributed by atoms with Crippen molar-refractivity contribution in [2.24, 2.45) is 0 Å². The SMILES string of the molecule is c1ccc(-c2ccccc2-n2c3ccccc3c3cc(-n4c5c(-c6ccccc6)cccc5c5cccc([Si](c6ccccc6)(c6ccccc6)c6ccccc6)c54)ccc32)cc1. The molecule has 0 spiro atoms. The Bertz CT molecular complexity index is 3500. The summed E-state index contributed by atoms with van der Waals surface area (Å²) in [5.41, 5.74) is 11.9. The van der Waals surface area contributed by atoms with Crippen LogP contribution in [0.25, 0.3) is 77.2 Å². The highest BCUT2D eigenvalue weighted by Crippen LogP contribution is 2.41. The molecule has 2 heterocycles. The Balaban J connectivity index is 1.24. The third-order valence-corrected chi connectivity index (χ3v) is 17.9. The summed E-state index contributed by atoms with van der Waals surface area (Å²) in [7, 11) is -2.99. The lowest BCUT2D eigenvalue weighted by molar-refractivity contribution is 1.17. The molecule has 12 rings (SSSR count). The number of nitrogens with zero attached hydrogens (tertiary/aromatic N) is 2. The Hall–Kier alpha value is -7.98. The molecule has 0 fully saturated rings. The Labute approximate surface area is 368 Å².